The molecule has 19 heavy (non-hydrogen) atoms. The average Bonchev–Trinajstić information content (AvgIpc) is 2.50. The van der Waals surface area contributed by atoms with Crippen LogP contribution in [-0.4, -0.2) is 20.6 Å². The first kappa shape index (κ1) is 12.2. The quantitative estimate of drug-likeness (QED) is 0.799. The molecule has 3 rings (SSSR count). The Labute approximate surface area is 112 Å². The van der Waals surface area contributed by atoms with E-state index < -0.39 is 16.1 Å². The standard InChI is InChI=1S/C14H13NO3S/c1-15-12-8-4-2-6-10(12)14(16)11-7-3-5-9-13(11)19(15,17)18/h2-9,14,16H,1H3/t14-/m1/s1. The van der Waals surface area contributed by atoms with Gasteiger partial charge in [-0.15, -0.1) is 0 Å². The molecule has 4 nitrogen and oxygen atoms in total. The zero-order chi connectivity index (χ0) is 13.6. The van der Waals surface area contributed by atoms with E-state index >= 15 is 0 Å². The molecule has 0 saturated carbocycles. The summed E-state index contributed by atoms with van der Waals surface area (Å²) in [6.45, 7) is 0. The van der Waals surface area contributed by atoms with Crippen molar-refractivity contribution < 1.29 is 13.5 Å². The van der Waals surface area contributed by atoms with E-state index in [1.165, 1.54) is 17.4 Å². The van der Waals surface area contributed by atoms with Crippen molar-refractivity contribution >= 4 is 15.7 Å². The molecule has 98 valence electrons. The summed E-state index contributed by atoms with van der Waals surface area (Å²) in [4.78, 5) is 0.154. The predicted octanol–water partition coefficient (Wildman–Crippen LogP) is 1.91. The van der Waals surface area contributed by atoms with Crippen molar-refractivity contribution in [2.75, 3.05) is 11.4 Å². The van der Waals surface area contributed by atoms with Gasteiger partial charge in [-0.25, -0.2) is 8.42 Å². The van der Waals surface area contributed by atoms with E-state index in [-0.39, 0.29) is 4.90 Å². The lowest BCUT2D eigenvalue weighted by molar-refractivity contribution is 0.218. The van der Waals surface area contributed by atoms with Gasteiger partial charge in [0.15, 0.2) is 0 Å². The normalized spacial score (nSPS) is 20.3. The summed E-state index contributed by atoms with van der Waals surface area (Å²) < 4.78 is 26.3. The van der Waals surface area contributed by atoms with Crippen LogP contribution in [0.15, 0.2) is 53.4 Å². The molecule has 2 aromatic rings. The molecule has 0 spiro atoms. The second-order valence-electron chi connectivity index (χ2n) is 4.47. The summed E-state index contributed by atoms with van der Waals surface area (Å²) in [5.74, 6) is 0. The van der Waals surface area contributed by atoms with Crippen LogP contribution in [0, 0.1) is 0 Å². The highest BCUT2D eigenvalue weighted by Gasteiger charge is 2.33. The summed E-state index contributed by atoms with van der Waals surface area (Å²) in [7, 11) is -2.13. The van der Waals surface area contributed by atoms with Crippen molar-refractivity contribution in [1.82, 2.24) is 0 Å². The molecule has 1 heterocycles. The minimum absolute atomic E-state index is 0.154. The highest BCUT2D eigenvalue weighted by molar-refractivity contribution is 7.92. The van der Waals surface area contributed by atoms with E-state index in [2.05, 4.69) is 0 Å². The molecule has 5 heteroatoms. The van der Waals surface area contributed by atoms with E-state index in [4.69, 9.17) is 0 Å². The van der Waals surface area contributed by atoms with Crippen LogP contribution in [0.4, 0.5) is 5.69 Å². The number of para-hydroxylation sites is 1. The number of hydrogen-bond donors (Lipinski definition) is 1. The van der Waals surface area contributed by atoms with Gasteiger partial charge in [-0.2, -0.15) is 0 Å². The van der Waals surface area contributed by atoms with Crippen LogP contribution < -0.4 is 4.31 Å². The van der Waals surface area contributed by atoms with Gasteiger partial charge in [0.1, 0.15) is 6.10 Å². The number of anilines is 1. The second-order valence-corrected chi connectivity index (χ2v) is 6.41. The van der Waals surface area contributed by atoms with Crippen LogP contribution in [0.1, 0.15) is 17.2 Å². The molecule has 0 radical (unpaired) electrons. The number of aliphatic hydroxyl groups excluding tert-OH is 1. The number of benzene rings is 2. The number of fused-ring (bicyclic) bond motifs is 2. The summed E-state index contributed by atoms with van der Waals surface area (Å²) >= 11 is 0. The van der Waals surface area contributed by atoms with Gasteiger partial charge in [0.25, 0.3) is 10.0 Å². The van der Waals surface area contributed by atoms with E-state index in [1.54, 1.807) is 42.5 Å². The third-order valence-corrected chi connectivity index (χ3v) is 5.27. The Morgan fingerprint density at radius 3 is 2.32 bits per heavy atom. The maximum absolute atomic E-state index is 12.5. The number of rotatable bonds is 0. The van der Waals surface area contributed by atoms with Crippen LogP contribution in [0.2, 0.25) is 0 Å². The van der Waals surface area contributed by atoms with Gasteiger partial charge in [-0.1, -0.05) is 36.4 Å². The monoisotopic (exact) mass is 275 g/mol. The van der Waals surface area contributed by atoms with Crippen molar-refractivity contribution in [1.29, 1.82) is 0 Å². The van der Waals surface area contributed by atoms with E-state index in [0.29, 0.717) is 16.8 Å². The minimum Gasteiger partial charge on any atom is -0.384 e. The van der Waals surface area contributed by atoms with Crippen molar-refractivity contribution in [3.63, 3.8) is 0 Å². The van der Waals surface area contributed by atoms with Crippen molar-refractivity contribution in [3.05, 3.63) is 59.7 Å². The maximum atomic E-state index is 12.5. The van der Waals surface area contributed by atoms with Crippen LogP contribution in [0.3, 0.4) is 0 Å². The molecule has 0 aromatic heterocycles. The van der Waals surface area contributed by atoms with Crippen molar-refractivity contribution in [3.8, 4) is 0 Å². The van der Waals surface area contributed by atoms with Crippen LogP contribution >= 0.6 is 0 Å². The molecule has 0 bridgehead atoms. The molecule has 0 aliphatic carbocycles. The van der Waals surface area contributed by atoms with Gasteiger partial charge in [0, 0.05) is 18.2 Å². The Morgan fingerprint density at radius 1 is 1.00 bits per heavy atom. The molecule has 0 unspecified atom stereocenters. The van der Waals surface area contributed by atoms with Gasteiger partial charge in [-0.3, -0.25) is 4.31 Å². The van der Waals surface area contributed by atoms with E-state index in [0.717, 1.165) is 0 Å². The largest absolute Gasteiger partial charge is 0.384 e. The summed E-state index contributed by atoms with van der Waals surface area (Å²) in [5.41, 5.74) is 1.52. The third kappa shape index (κ3) is 1.66. The molecule has 2 aromatic carbocycles. The fraction of sp³-hybridized carbons (Fsp3) is 0.143. The Hall–Kier alpha value is -1.85. The Morgan fingerprint density at radius 2 is 1.58 bits per heavy atom. The first-order chi connectivity index (χ1) is 9.03. The van der Waals surface area contributed by atoms with Gasteiger partial charge >= 0.3 is 0 Å². The zero-order valence-corrected chi connectivity index (χ0v) is 11.1. The van der Waals surface area contributed by atoms with Gasteiger partial charge < -0.3 is 5.11 Å². The minimum atomic E-state index is -3.63. The molecule has 1 atom stereocenters. The fourth-order valence-electron chi connectivity index (χ4n) is 2.39. The topological polar surface area (TPSA) is 57.6 Å². The summed E-state index contributed by atoms with van der Waals surface area (Å²) in [5, 5.41) is 10.5. The van der Waals surface area contributed by atoms with Crippen LogP contribution in [0.5, 0.6) is 0 Å². The van der Waals surface area contributed by atoms with Crippen molar-refractivity contribution in [2.24, 2.45) is 0 Å². The number of nitrogens with zero attached hydrogens (tertiary/aromatic N) is 1. The lowest BCUT2D eigenvalue weighted by Crippen LogP contribution is -2.26. The molecule has 0 fully saturated rings. The SMILES string of the molecule is CN1c2ccccc2[C@@H](O)c2ccccc2S1(=O)=O. The summed E-state index contributed by atoms with van der Waals surface area (Å²) in [6.07, 6.45) is -0.938. The Bertz CT molecular complexity index is 740. The van der Waals surface area contributed by atoms with Crippen molar-refractivity contribution in [2.45, 2.75) is 11.0 Å². The predicted molar refractivity (Wildman–Crippen MR) is 72.5 cm³/mol. The highest BCUT2D eigenvalue weighted by atomic mass is 32.2. The van der Waals surface area contributed by atoms with Crippen LogP contribution in [0.25, 0.3) is 0 Å². The second kappa shape index (κ2) is 4.08. The van der Waals surface area contributed by atoms with Gasteiger partial charge in [-0.05, 0) is 12.1 Å². The lowest BCUT2D eigenvalue weighted by atomic mass is 10.00. The van der Waals surface area contributed by atoms with Gasteiger partial charge in [0.2, 0.25) is 0 Å². The highest BCUT2D eigenvalue weighted by Crippen LogP contribution is 2.39. The number of aliphatic hydroxyl groups is 1. The first-order valence-electron chi connectivity index (χ1n) is 5.88. The maximum Gasteiger partial charge on any atom is 0.264 e. The molecular weight excluding hydrogens is 262 g/mol. The third-order valence-electron chi connectivity index (χ3n) is 3.42. The summed E-state index contributed by atoms with van der Waals surface area (Å²) in [6, 6.07) is 13.5. The molecule has 1 aliphatic rings. The lowest BCUT2D eigenvalue weighted by Gasteiger charge is -2.19. The fourth-order valence-corrected chi connectivity index (χ4v) is 3.84. The molecular formula is C14H13NO3S. The molecule has 1 aliphatic heterocycles. The number of sulfonamides is 1. The van der Waals surface area contributed by atoms with E-state index in [1.807, 2.05) is 0 Å². The Balaban J connectivity index is 2.41. The molecule has 0 amide bonds. The average molecular weight is 275 g/mol. The Kier molecular flexibility index (Phi) is 2.62. The molecule has 0 saturated heterocycles. The number of hydrogen-bond acceptors (Lipinski definition) is 3. The first-order valence-corrected chi connectivity index (χ1v) is 7.32. The molecule has 1 N–H and O–H groups in total. The van der Waals surface area contributed by atoms with Crippen LogP contribution in [-0.2, 0) is 10.0 Å². The smallest absolute Gasteiger partial charge is 0.264 e. The zero-order valence-electron chi connectivity index (χ0n) is 10.3. The van der Waals surface area contributed by atoms with E-state index in [9.17, 15) is 13.5 Å². The van der Waals surface area contributed by atoms with Gasteiger partial charge in [0.05, 0.1) is 10.6 Å².